The number of nitrogens with one attached hydrogen (secondary N) is 1. The minimum absolute atomic E-state index is 0.221. The maximum Gasteiger partial charge on any atom is 0.500 e. The standard InChI is InChI=1S/C22H31NO6Si/c1-4-26-30(27-5-2,28-6-3)17-7-16-23-22(25)29-21-14-10-19(11-15-21)18-8-12-20(24)13-9-18/h8-15,24H,4-7,16-17H2,1-3H3,(H,23,25). The van der Waals surface area contributed by atoms with E-state index in [2.05, 4.69) is 5.32 Å². The van der Waals surface area contributed by atoms with Gasteiger partial charge < -0.3 is 28.4 Å². The van der Waals surface area contributed by atoms with Gasteiger partial charge >= 0.3 is 14.9 Å². The van der Waals surface area contributed by atoms with Crippen molar-refractivity contribution in [3.63, 3.8) is 0 Å². The molecule has 0 fully saturated rings. The summed E-state index contributed by atoms with van der Waals surface area (Å²) in [7, 11) is -2.69. The van der Waals surface area contributed by atoms with Crippen molar-refractivity contribution in [1.29, 1.82) is 0 Å². The lowest BCUT2D eigenvalue weighted by atomic mass is 10.1. The number of aromatic hydroxyl groups is 1. The first-order valence-corrected chi connectivity index (χ1v) is 12.2. The second-order valence-electron chi connectivity index (χ2n) is 6.47. The number of carbonyl (C=O) groups excluding carboxylic acids is 1. The molecule has 0 saturated carbocycles. The molecule has 2 aromatic carbocycles. The highest BCUT2D eigenvalue weighted by Gasteiger charge is 2.39. The van der Waals surface area contributed by atoms with Gasteiger partial charge in [0.1, 0.15) is 11.5 Å². The minimum atomic E-state index is -2.69. The third-order valence-electron chi connectivity index (χ3n) is 4.29. The van der Waals surface area contributed by atoms with Crippen molar-refractivity contribution < 1.29 is 27.9 Å². The lowest BCUT2D eigenvalue weighted by Crippen LogP contribution is -2.46. The van der Waals surface area contributed by atoms with E-state index in [9.17, 15) is 9.90 Å². The number of benzene rings is 2. The number of phenolic OH excluding ortho intramolecular Hbond substituents is 1. The molecule has 30 heavy (non-hydrogen) atoms. The van der Waals surface area contributed by atoms with Crippen LogP contribution < -0.4 is 10.1 Å². The van der Waals surface area contributed by atoms with Crippen LogP contribution in [0, 0.1) is 0 Å². The van der Waals surface area contributed by atoms with Crippen molar-refractivity contribution in [3.8, 4) is 22.6 Å². The van der Waals surface area contributed by atoms with Gasteiger partial charge in [-0.3, -0.25) is 0 Å². The molecular formula is C22H31NO6Si. The van der Waals surface area contributed by atoms with Gasteiger partial charge in [-0.2, -0.15) is 0 Å². The van der Waals surface area contributed by atoms with E-state index in [0.717, 1.165) is 11.1 Å². The maximum atomic E-state index is 12.1. The second kappa shape index (κ2) is 12.3. The molecule has 0 spiro atoms. The van der Waals surface area contributed by atoms with Crippen molar-refractivity contribution in [2.24, 2.45) is 0 Å². The summed E-state index contributed by atoms with van der Waals surface area (Å²) in [5, 5.41) is 12.1. The average molecular weight is 434 g/mol. The second-order valence-corrected chi connectivity index (χ2v) is 9.21. The highest BCUT2D eigenvalue weighted by molar-refractivity contribution is 6.60. The molecule has 0 aromatic heterocycles. The summed E-state index contributed by atoms with van der Waals surface area (Å²) >= 11 is 0. The van der Waals surface area contributed by atoms with E-state index < -0.39 is 14.9 Å². The molecule has 0 aliphatic rings. The van der Waals surface area contributed by atoms with Crippen molar-refractivity contribution in [2.75, 3.05) is 26.4 Å². The van der Waals surface area contributed by atoms with E-state index >= 15 is 0 Å². The number of hydrogen-bond donors (Lipinski definition) is 2. The summed E-state index contributed by atoms with van der Waals surface area (Å²) in [5.74, 6) is 0.677. The fraction of sp³-hybridized carbons (Fsp3) is 0.409. The summed E-state index contributed by atoms with van der Waals surface area (Å²) in [5.41, 5.74) is 1.93. The Kier molecular flexibility index (Phi) is 9.82. The summed E-state index contributed by atoms with van der Waals surface area (Å²) in [4.78, 5) is 12.1. The van der Waals surface area contributed by atoms with E-state index in [4.69, 9.17) is 18.0 Å². The van der Waals surface area contributed by atoms with Crippen LogP contribution in [0.3, 0.4) is 0 Å². The summed E-state index contributed by atoms with van der Waals surface area (Å²) in [6.07, 6.45) is 0.157. The fourth-order valence-electron chi connectivity index (χ4n) is 3.01. The zero-order valence-corrected chi connectivity index (χ0v) is 18.8. The van der Waals surface area contributed by atoms with Crippen molar-refractivity contribution in [2.45, 2.75) is 33.2 Å². The monoisotopic (exact) mass is 433 g/mol. The molecule has 0 heterocycles. The highest BCUT2D eigenvalue weighted by atomic mass is 28.4. The Morgan fingerprint density at radius 1 is 0.867 bits per heavy atom. The topological polar surface area (TPSA) is 86.3 Å². The maximum absolute atomic E-state index is 12.1. The normalized spacial score (nSPS) is 11.3. The van der Waals surface area contributed by atoms with Gasteiger partial charge in [0.2, 0.25) is 0 Å². The van der Waals surface area contributed by atoms with Crippen LogP contribution in [0.15, 0.2) is 48.5 Å². The van der Waals surface area contributed by atoms with E-state index in [1.54, 1.807) is 24.3 Å². The van der Waals surface area contributed by atoms with E-state index in [1.165, 1.54) is 0 Å². The number of carbonyl (C=O) groups is 1. The minimum Gasteiger partial charge on any atom is -0.508 e. The predicted molar refractivity (Wildman–Crippen MR) is 118 cm³/mol. The predicted octanol–water partition coefficient (Wildman–Crippen LogP) is 4.59. The number of amides is 1. The molecule has 2 N–H and O–H groups in total. The third kappa shape index (κ3) is 7.45. The van der Waals surface area contributed by atoms with Crippen LogP contribution in [-0.2, 0) is 13.3 Å². The van der Waals surface area contributed by atoms with Crippen LogP contribution in [0.5, 0.6) is 11.5 Å². The molecule has 0 radical (unpaired) electrons. The first-order chi connectivity index (χ1) is 14.5. The van der Waals surface area contributed by atoms with Crippen LogP contribution >= 0.6 is 0 Å². The third-order valence-corrected chi connectivity index (χ3v) is 7.44. The SMILES string of the molecule is CCO[Si](CCCNC(=O)Oc1ccc(-c2ccc(O)cc2)cc1)(OCC)OCC. The van der Waals surface area contributed by atoms with Gasteiger partial charge in [0, 0.05) is 32.4 Å². The van der Waals surface area contributed by atoms with Crippen LogP contribution in [0.25, 0.3) is 11.1 Å². The summed E-state index contributed by atoms with van der Waals surface area (Å²) in [6.45, 7) is 7.78. The Morgan fingerprint density at radius 3 is 1.87 bits per heavy atom. The van der Waals surface area contributed by atoms with Crippen molar-refractivity contribution >= 4 is 14.9 Å². The molecule has 1 amide bonds. The van der Waals surface area contributed by atoms with Crippen LogP contribution in [-0.4, -0.2) is 46.4 Å². The highest BCUT2D eigenvalue weighted by Crippen LogP contribution is 2.24. The van der Waals surface area contributed by atoms with Crippen LogP contribution in [0.2, 0.25) is 6.04 Å². The Morgan fingerprint density at radius 2 is 1.37 bits per heavy atom. The molecular weight excluding hydrogens is 402 g/mol. The van der Waals surface area contributed by atoms with Crippen LogP contribution in [0.1, 0.15) is 27.2 Å². The quantitative estimate of drug-likeness (QED) is 0.376. The van der Waals surface area contributed by atoms with Gasteiger partial charge in [-0.25, -0.2) is 4.79 Å². The lowest BCUT2D eigenvalue weighted by molar-refractivity contribution is 0.0708. The van der Waals surface area contributed by atoms with Gasteiger partial charge in [-0.1, -0.05) is 24.3 Å². The number of rotatable bonds is 12. The van der Waals surface area contributed by atoms with Gasteiger partial charge in [0.25, 0.3) is 0 Å². The molecule has 8 heteroatoms. The molecule has 0 aliphatic heterocycles. The molecule has 0 aliphatic carbocycles. The molecule has 2 rings (SSSR count). The summed E-state index contributed by atoms with van der Waals surface area (Å²) in [6, 6.07) is 14.7. The van der Waals surface area contributed by atoms with E-state index in [-0.39, 0.29) is 5.75 Å². The Balaban J connectivity index is 1.80. The Bertz CT molecular complexity index is 749. The molecule has 164 valence electrons. The van der Waals surface area contributed by atoms with E-state index in [1.807, 2.05) is 45.0 Å². The Hall–Kier alpha value is -2.39. The first kappa shape index (κ1) is 23.9. The van der Waals surface area contributed by atoms with Gasteiger partial charge in [-0.15, -0.1) is 0 Å². The zero-order valence-electron chi connectivity index (χ0n) is 17.8. The molecule has 2 aromatic rings. The van der Waals surface area contributed by atoms with Crippen LogP contribution in [0.4, 0.5) is 4.79 Å². The lowest BCUT2D eigenvalue weighted by Gasteiger charge is -2.28. The largest absolute Gasteiger partial charge is 0.508 e. The molecule has 0 atom stereocenters. The average Bonchev–Trinajstić information content (AvgIpc) is 2.73. The van der Waals surface area contributed by atoms with Gasteiger partial charge in [0.15, 0.2) is 0 Å². The number of ether oxygens (including phenoxy) is 1. The molecule has 7 nitrogen and oxygen atoms in total. The zero-order chi connectivity index (χ0) is 21.8. The smallest absolute Gasteiger partial charge is 0.500 e. The molecule has 0 saturated heterocycles. The number of hydrogen-bond acceptors (Lipinski definition) is 6. The fourth-order valence-corrected chi connectivity index (χ4v) is 5.62. The van der Waals surface area contributed by atoms with Gasteiger partial charge in [-0.05, 0) is 62.6 Å². The molecule has 0 bridgehead atoms. The first-order valence-electron chi connectivity index (χ1n) is 10.3. The van der Waals surface area contributed by atoms with Gasteiger partial charge in [0.05, 0.1) is 0 Å². The number of phenols is 1. The van der Waals surface area contributed by atoms with Crippen molar-refractivity contribution in [1.82, 2.24) is 5.32 Å². The molecule has 0 unspecified atom stereocenters. The van der Waals surface area contributed by atoms with E-state index in [0.29, 0.717) is 44.6 Å². The summed E-state index contributed by atoms with van der Waals surface area (Å²) < 4.78 is 22.7. The Labute approximate surface area is 179 Å². The van der Waals surface area contributed by atoms with Crippen molar-refractivity contribution in [3.05, 3.63) is 48.5 Å².